The number of benzene rings is 2. The third-order valence-corrected chi connectivity index (χ3v) is 9.65. The molecule has 2 aromatic carbocycles. The quantitative estimate of drug-likeness (QED) is 0.300. The molecule has 3 heterocycles. The second kappa shape index (κ2) is 11.5. The van der Waals surface area contributed by atoms with E-state index in [2.05, 4.69) is 20.2 Å². The highest BCUT2D eigenvalue weighted by molar-refractivity contribution is 7.90. The maximum Gasteiger partial charge on any atom is 0.269 e. The van der Waals surface area contributed by atoms with Crippen LogP contribution in [0.15, 0.2) is 53.6 Å². The van der Waals surface area contributed by atoms with Crippen LogP contribution in [0.4, 0.5) is 11.6 Å². The molecular formula is C31H36N6O5S. The predicted molar refractivity (Wildman–Crippen MR) is 164 cm³/mol. The number of hydrogen-bond donors (Lipinski definition) is 1. The number of carbonyl (C=O) groups is 1. The number of nitrogens with zero attached hydrogens (tertiary/aromatic N) is 5. The first-order valence-corrected chi connectivity index (χ1v) is 15.9. The van der Waals surface area contributed by atoms with Gasteiger partial charge in [0.1, 0.15) is 5.75 Å². The molecule has 4 aromatic rings. The monoisotopic (exact) mass is 604 g/mol. The first kappa shape index (κ1) is 28.9. The summed E-state index contributed by atoms with van der Waals surface area (Å²) in [5.41, 5.74) is 2.91. The number of piperazine rings is 1. The van der Waals surface area contributed by atoms with Crippen molar-refractivity contribution in [3.05, 3.63) is 65.4 Å². The third kappa shape index (κ3) is 5.89. The molecule has 0 bridgehead atoms. The van der Waals surface area contributed by atoms with Gasteiger partial charge in [0.25, 0.3) is 15.9 Å². The lowest BCUT2D eigenvalue weighted by molar-refractivity contribution is 0.0664. The molecule has 11 nitrogen and oxygen atoms in total. The molecule has 0 spiro atoms. The molecule has 12 heteroatoms. The summed E-state index contributed by atoms with van der Waals surface area (Å²) >= 11 is 0. The molecule has 1 aliphatic carbocycles. The van der Waals surface area contributed by atoms with Crippen LogP contribution in [0.1, 0.15) is 34.3 Å². The van der Waals surface area contributed by atoms with Crippen molar-refractivity contribution < 1.29 is 22.7 Å². The van der Waals surface area contributed by atoms with E-state index in [1.54, 1.807) is 48.7 Å². The SMILES string of the molecule is COc1cc(C(=O)N2CCN(C)CC2)ccc1Nc1nc(OCC2CC2)c2c(C)cn(S(=O)(=O)c3ccc(C)cc3)c2n1. The van der Waals surface area contributed by atoms with Crippen molar-refractivity contribution in [3.8, 4) is 11.6 Å². The number of likely N-dealkylation sites (N-methyl/N-ethyl adjacent to an activating group) is 1. The van der Waals surface area contributed by atoms with Crippen LogP contribution in [0.25, 0.3) is 11.0 Å². The minimum Gasteiger partial charge on any atom is -0.495 e. The van der Waals surface area contributed by atoms with Gasteiger partial charge >= 0.3 is 0 Å². The van der Waals surface area contributed by atoms with Crippen molar-refractivity contribution in [3.63, 3.8) is 0 Å². The van der Waals surface area contributed by atoms with Gasteiger partial charge in [-0.25, -0.2) is 12.4 Å². The van der Waals surface area contributed by atoms with Crippen molar-refractivity contribution in [2.75, 3.05) is 52.3 Å². The first-order chi connectivity index (χ1) is 20.6. The summed E-state index contributed by atoms with van der Waals surface area (Å²) in [7, 11) is -0.382. The largest absolute Gasteiger partial charge is 0.495 e. The standard InChI is InChI=1S/C31H36N6O5S/c1-20-5-10-24(11-6-20)43(39,40)37-18-21(2)27-28(37)33-31(34-29(27)42-19-22-7-8-22)32-25-12-9-23(17-26(25)41-4)30(38)36-15-13-35(3)14-16-36/h5-6,9-12,17-18,22H,7-8,13-16,19H2,1-4H3,(H,32,33,34). The molecule has 2 fully saturated rings. The number of hydrogen-bond acceptors (Lipinski definition) is 9. The Hall–Kier alpha value is -4.16. The van der Waals surface area contributed by atoms with Crippen molar-refractivity contribution in [2.45, 2.75) is 31.6 Å². The smallest absolute Gasteiger partial charge is 0.269 e. The molecule has 1 saturated carbocycles. The Labute approximate surface area is 251 Å². The van der Waals surface area contributed by atoms with E-state index in [4.69, 9.17) is 9.47 Å². The topological polar surface area (TPSA) is 119 Å². The molecule has 2 aliphatic rings. The zero-order valence-corrected chi connectivity index (χ0v) is 25.6. The fourth-order valence-corrected chi connectivity index (χ4v) is 6.49. The van der Waals surface area contributed by atoms with Crippen LogP contribution >= 0.6 is 0 Å². The summed E-state index contributed by atoms with van der Waals surface area (Å²) in [4.78, 5) is 26.7. The van der Waals surface area contributed by atoms with Crippen LogP contribution in [-0.2, 0) is 10.0 Å². The summed E-state index contributed by atoms with van der Waals surface area (Å²) in [6, 6.07) is 11.9. The molecule has 0 radical (unpaired) electrons. The van der Waals surface area contributed by atoms with E-state index in [9.17, 15) is 13.2 Å². The van der Waals surface area contributed by atoms with E-state index in [1.165, 1.54) is 11.1 Å². The second-order valence-corrected chi connectivity index (χ2v) is 13.2. The molecule has 1 aliphatic heterocycles. The number of carbonyl (C=O) groups excluding carboxylic acids is 1. The Morgan fingerprint density at radius 3 is 2.42 bits per heavy atom. The Morgan fingerprint density at radius 1 is 1.02 bits per heavy atom. The van der Waals surface area contributed by atoms with E-state index in [0.717, 1.165) is 31.5 Å². The summed E-state index contributed by atoms with van der Waals surface area (Å²) in [5.74, 6) is 1.30. The average molecular weight is 605 g/mol. The summed E-state index contributed by atoms with van der Waals surface area (Å²) < 4.78 is 40.5. The maximum atomic E-state index is 13.8. The van der Waals surface area contributed by atoms with Crippen LogP contribution < -0.4 is 14.8 Å². The van der Waals surface area contributed by atoms with E-state index in [0.29, 0.717) is 59.4 Å². The molecule has 0 unspecified atom stereocenters. The lowest BCUT2D eigenvalue weighted by Crippen LogP contribution is -2.47. The van der Waals surface area contributed by atoms with E-state index in [-0.39, 0.29) is 22.4 Å². The van der Waals surface area contributed by atoms with Crippen LogP contribution in [0.5, 0.6) is 11.6 Å². The Morgan fingerprint density at radius 2 is 1.74 bits per heavy atom. The lowest BCUT2D eigenvalue weighted by atomic mass is 10.1. The molecular weight excluding hydrogens is 568 g/mol. The minimum atomic E-state index is -3.96. The van der Waals surface area contributed by atoms with Crippen LogP contribution in [0.3, 0.4) is 0 Å². The van der Waals surface area contributed by atoms with Gasteiger partial charge in [0.2, 0.25) is 11.8 Å². The lowest BCUT2D eigenvalue weighted by Gasteiger charge is -2.32. The van der Waals surface area contributed by atoms with Gasteiger partial charge in [0.15, 0.2) is 5.65 Å². The molecule has 1 N–H and O–H groups in total. The van der Waals surface area contributed by atoms with E-state index >= 15 is 0 Å². The number of ether oxygens (including phenoxy) is 2. The van der Waals surface area contributed by atoms with Crippen LogP contribution in [0.2, 0.25) is 0 Å². The Balaban J connectivity index is 1.37. The van der Waals surface area contributed by atoms with Crippen LogP contribution in [0, 0.1) is 19.8 Å². The van der Waals surface area contributed by atoms with E-state index in [1.807, 2.05) is 25.8 Å². The van der Waals surface area contributed by atoms with Crippen molar-refractivity contribution in [1.82, 2.24) is 23.7 Å². The van der Waals surface area contributed by atoms with Crippen molar-refractivity contribution in [2.24, 2.45) is 5.92 Å². The van der Waals surface area contributed by atoms with Gasteiger partial charge < -0.3 is 24.6 Å². The number of nitrogens with one attached hydrogen (secondary N) is 1. The molecule has 2 aromatic heterocycles. The van der Waals surface area contributed by atoms with Gasteiger partial charge in [-0.15, -0.1) is 0 Å². The highest BCUT2D eigenvalue weighted by Crippen LogP contribution is 2.36. The number of anilines is 2. The summed E-state index contributed by atoms with van der Waals surface area (Å²) in [6.45, 7) is 7.21. The highest BCUT2D eigenvalue weighted by atomic mass is 32.2. The number of amides is 1. The normalized spacial score (nSPS) is 16.0. The van der Waals surface area contributed by atoms with Gasteiger partial charge in [-0.3, -0.25) is 4.79 Å². The summed E-state index contributed by atoms with van der Waals surface area (Å²) in [6.07, 6.45) is 3.75. The van der Waals surface area contributed by atoms with E-state index < -0.39 is 10.0 Å². The van der Waals surface area contributed by atoms with Crippen molar-refractivity contribution >= 4 is 38.6 Å². The average Bonchev–Trinajstić information content (AvgIpc) is 3.77. The molecule has 1 amide bonds. The number of methoxy groups -OCH3 is 1. The maximum absolute atomic E-state index is 13.8. The fourth-order valence-electron chi connectivity index (χ4n) is 5.12. The third-order valence-electron chi connectivity index (χ3n) is 7.99. The fraction of sp³-hybridized carbons (Fsp3) is 0.387. The number of aromatic nitrogens is 3. The number of aryl methyl sites for hydroxylation is 2. The zero-order chi connectivity index (χ0) is 30.3. The van der Waals surface area contributed by atoms with Gasteiger partial charge in [-0.1, -0.05) is 17.7 Å². The number of fused-ring (bicyclic) bond motifs is 1. The second-order valence-electron chi connectivity index (χ2n) is 11.4. The molecule has 226 valence electrons. The zero-order valence-electron chi connectivity index (χ0n) is 24.8. The van der Waals surface area contributed by atoms with Crippen LogP contribution in [-0.4, -0.2) is 85.0 Å². The first-order valence-electron chi connectivity index (χ1n) is 14.4. The van der Waals surface area contributed by atoms with Gasteiger partial charge in [-0.2, -0.15) is 9.97 Å². The van der Waals surface area contributed by atoms with Crippen molar-refractivity contribution in [1.29, 1.82) is 0 Å². The van der Waals surface area contributed by atoms with Gasteiger partial charge in [-0.05, 0) is 75.5 Å². The molecule has 43 heavy (non-hydrogen) atoms. The molecule has 1 saturated heterocycles. The Bertz CT molecular complexity index is 1770. The predicted octanol–water partition coefficient (Wildman–Crippen LogP) is 4.21. The van der Waals surface area contributed by atoms with Gasteiger partial charge in [0, 0.05) is 37.9 Å². The Kier molecular flexibility index (Phi) is 7.74. The van der Waals surface area contributed by atoms with Gasteiger partial charge in [0.05, 0.1) is 29.7 Å². The number of rotatable bonds is 9. The molecule has 6 rings (SSSR count). The minimum absolute atomic E-state index is 0.0546. The summed E-state index contributed by atoms with van der Waals surface area (Å²) in [5, 5.41) is 3.72. The highest BCUT2D eigenvalue weighted by Gasteiger charge is 2.28. The molecule has 0 atom stereocenters.